The number of benzene rings is 2. The minimum absolute atomic E-state index is 0.105. The highest BCUT2D eigenvalue weighted by Crippen LogP contribution is 2.25. The summed E-state index contributed by atoms with van der Waals surface area (Å²) in [5.74, 6) is 1.44. The highest BCUT2D eigenvalue weighted by molar-refractivity contribution is 7.98. The molecule has 3 heterocycles. The molecule has 0 radical (unpaired) electrons. The molecule has 2 aromatic heterocycles. The second-order valence-corrected chi connectivity index (χ2v) is 10.8. The van der Waals surface area contributed by atoms with Crippen LogP contribution in [-0.2, 0) is 12.3 Å². The zero-order valence-corrected chi connectivity index (χ0v) is 23.7. The molecule has 40 heavy (non-hydrogen) atoms. The van der Waals surface area contributed by atoms with Gasteiger partial charge in [0.05, 0.1) is 0 Å². The lowest BCUT2D eigenvalue weighted by Gasteiger charge is -2.35. The molecule has 1 fully saturated rings. The maximum Gasteiger partial charge on any atom is 0.251 e. The summed E-state index contributed by atoms with van der Waals surface area (Å²) in [6, 6.07) is 23.6. The van der Waals surface area contributed by atoms with E-state index in [2.05, 4.69) is 61.5 Å². The number of amides is 1. The third-order valence-electron chi connectivity index (χ3n) is 6.62. The lowest BCUT2D eigenvalue weighted by Crippen LogP contribution is -2.46. The Morgan fingerprint density at radius 3 is 2.42 bits per heavy atom. The van der Waals surface area contributed by atoms with Gasteiger partial charge in [-0.15, -0.1) is 0 Å². The number of halogens is 1. The molecule has 204 valence electrons. The van der Waals surface area contributed by atoms with E-state index in [9.17, 15) is 4.79 Å². The molecule has 7 nitrogen and oxygen atoms in total. The lowest BCUT2D eigenvalue weighted by atomic mass is 10.1. The number of aromatic nitrogens is 3. The molecule has 1 aliphatic rings. The van der Waals surface area contributed by atoms with Crippen molar-refractivity contribution in [2.24, 2.45) is 0 Å². The molecular formula is C31H31ClN6OS. The first-order chi connectivity index (χ1) is 19.6. The zero-order valence-electron chi connectivity index (χ0n) is 22.1. The molecule has 1 saturated heterocycles. The van der Waals surface area contributed by atoms with Crippen molar-refractivity contribution in [1.82, 2.24) is 25.2 Å². The van der Waals surface area contributed by atoms with E-state index in [1.807, 2.05) is 48.5 Å². The number of piperazine rings is 1. The van der Waals surface area contributed by atoms with E-state index in [1.165, 1.54) is 17.3 Å². The average Bonchev–Trinajstić information content (AvgIpc) is 3.00. The Hall–Kier alpha value is -3.72. The Morgan fingerprint density at radius 2 is 1.68 bits per heavy atom. The lowest BCUT2D eigenvalue weighted by molar-refractivity contribution is 0.0951. The molecule has 1 N–H and O–H groups in total. The highest BCUT2D eigenvalue weighted by atomic mass is 35.5. The Bertz CT molecular complexity index is 1410. The number of hydrogen-bond acceptors (Lipinski definition) is 7. The molecule has 0 unspecified atom stereocenters. The van der Waals surface area contributed by atoms with Crippen LogP contribution in [-0.4, -0.2) is 58.5 Å². The van der Waals surface area contributed by atoms with Gasteiger partial charge in [-0.2, -0.15) is 0 Å². The quantitative estimate of drug-likeness (QED) is 0.151. The summed E-state index contributed by atoms with van der Waals surface area (Å²) in [6.07, 6.45) is 7.83. The molecular weight excluding hydrogens is 540 g/mol. The molecule has 1 amide bonds. The van der Waals surface area contributed by atoms with Crippen LogP contribution in [0.3, 0.4) is 0 Å². The Labute approximate surface area is 244 Å². The summed E-state index contributed by atoms with van der Waals surface area (Å²) in [5, 5.41) is 4.03. The van der Waals surface area contributed by atoms with Gasteiger partial charge >= 0.3 is 0 Å². The topological polar surface area (TPSA) is 74.2 Å². The van der Waals surface area contributed by atoms with Gasteiger partial charge in [-0.1, -0.05) is 78.0 Å². The second-order valence-electron chi connectivity index (χ2n) is 9.46. The molecule has 4 aromatic rings. The van der Waals surface area contributed by atoms with Gasteiger partial charge in [-0.3, -0.25) is 14.7 Å². The first-order valence-electron chi connectivity index (χ1n) is 13.2. The fourth-order valence-electron chi connectivity index (χ4n) is 4.36. The number of nitrogens with zero attached hydrogens (tertiary/aromatic N) is 5. The van der Waals surface area contributed by atoms with E-state index in [1.54, 1.807) is 12.4 Å². The van der Waals surface area contributed by atoms with Gasteiger partial charge in [0, 0.05) is 69.0 Å². The third-order valence-corrected chi connectivity index (χ3v) is 7.73. The van der Waals surface area contributed by atoms with Crippen LogP contribution in [0, 0.1) is 0 Å². The predicted octanol–water partition coefficient (Wildman–Crippen LogP) is 5.58. The van der Waals surface area contributed by atoms with Gasteiger partial charge in [0.1, 0.15) is 11.0 Å². The predicted molar refractivity (Wildman–Crippen MR) is 163 cm³/mol. The van der Waals surface area contributed by atoms with Crippen molar-refractivity contribution in [2.75, 3.05) is 37.6 Å². The molecule has 9 heteroatoms. The summed E-state index contributed by atoms with van der Waals surface area (Å²) in [7, 11) is 0. The molecule has 1 aliphatic heterocycles. The highest BCUT2D eigenvalue weighted by Gasteiger charge is 2.19. The molecule has 0 aliphatic carbocycles. The number of carbonyl (C=O) groups excluding carboxylic acids is 1. The van der Waals surface area contributed by atoms with Crippen LogP contribution >= 0.6 is 23.4 Å². The second kappa shape index (κ2) is 14.1. The van der Waals surface area contributed by atoms with Gasteiger partial charge in [0.25, 0.3) is 5.91 Å². The van der Waals surface area contributed by atoms with Gasteiger partial charge in [0.2, 0.25) is 0 Å². The molecule has 0 bridgehead atoms. The summed E-state index contributed by atoms with van der Waals surface area (Å²) in [4.78, 5) is 30.4. The zero-order chi connectivity index (χ0) is 27.6. The van der Waals surface area contributed by atoms with Crippen LogP contribution in [0.1, 0.15) is 27.0 Å². The van der Waals surface area contributed by atoms with Gasteiger partial charge in [0.15, 0.2) is 5.16 Å². The van der Waals surface area contributed by atoms with Crippen LogP contribution in [0.2, 0.25) is 5.15 Å². The van der Waals surface area contributed by atoms with Crippen LogP contribution in [0.4, 0.5) is 5.82 Å². The smallest absolute Gasteiger partial charge is 0.251 e. The standard InChI is InChI=1S/C31H31ClN6OS/c32-28-21-29(38-19-17-37(18-20-38)16-4-7-24-5-2-1-3-6-24)36-31(35-28)40-23-26-8-10-27(11-9-26)30(39)34-22-25-12-14-33-15-13-25/h1-15,21H,16-20,22-23H2,(H,34,39)/b7-4+. The summed E-state index contributed by atoms with van der Waals surface area (Å²) >= 11 is 7.92. The summed E-state index contributed by atoms with van der Waals surface area (Å²) < 4.78 is 0. The number of carbonyl (C=O) groups is 1. The van der Waals surface area contributed by atoms with Crippen molar-refractivity contribution in [2.45, 2.75) is 17.5 Å². The van der Waals surface area contributed by atoms with Crippen LogP contribution < -0.4 is 10.2 Å². The fourth-order valence-corrected chi connectivity index (χ4v) is 5.40. The first kappa shape index (κ1) is 27.8. The number of rotatable bonds is 10. The Morgan fingerprint density at radius 1 is 0.925 bits per heavy atom. The summed E-state index contributed by atoms with van der Waals surface area (Å²) in [5.41, 5.74) is 3.94. The fraction of sp³-hybridized carbons (Fsp3) is 0.226. The monoisotopic (exact) mass is 570 g/mol. The number of hydrogen-bond donors (Lipinski definition) is 1. The Kier molecular flexibility index (Phi) is 9.79. The average molecular weight is 571 g/mol. The van der Waals surface area contributed by atoms with E-state index in [0.717, 1.165) is 49.7 Å². The third kappa shape index (κ3) is 8.14. The molecule has 2 aromatic carbocycles. The first-order valence-corrected chi connectivity index (χ1v) is 14.6. The van der Waals surface area contributed by atoms with Crippen LogP contribution in [0.25, 0.3) is 6.08 Å². The number of anilines is 1. The maximum absolute atomic E-state index is 12.5. The van der Waals surface area contributed by atoms with E-state index in [-0.39, 0.29) is 5.91 Å². The van der Waals surface area contributed by atoms with Crippen molar-refractivity contribution in [3.05, 3.63) is 119 Å². The van der Waals surface area contributed by atoms with Crippen molar-refractivity contribution in [1.29, 1.82) is 0 Å². The molecule has 0 spiro atoms. The van der Waals surface area contributed by atoms with Crippen molar-refractivity contribution >= 4 is 41.2 Å². The molecule has 0 atom stereocenters. The van der Waals surface area contributed by atoms with Crippen molar-refractivity contribution in [3.8, 4) is 0 Å². The summed E-state index contributed by atoms with van der Waals surface area (Å²) in [6.45, 7) is 5.10. The molecule has 0 saturated carbocycles. The van der Waals surface area contributed by atoms with E-state index >= 15 is 0 Å². The van der Waals surface area contributed by atoms with Gasteiger partial charge in [-0.05, 0) is 41.0 Å². The van der Waals surface area contributed by atoms with Crippen LogP contribution in [0.5, 0.6) is 0 Å². The van der Waals surface area contributed by atoms with E-state index in [4.69, 9.17) is 16.6 Å². The minimum atomic E-state index is -0.105. The maximum atomic E-state index is 12.5. The van der Waals surface area contributed by atoms with E-state index < -0.39 is 0 Å². The number of pyridine rings is 1. The van der Waals surface area contributed by atoms with Crippen molar-refractivity contribution < 1.29 is 4.79 Å². The minimum Gasteiger partial charge on any atom is -0.354 e. The Balaban J connectivity index is 1.10. The SMILES string of the molecule is O=C(NCc1ccncc1)c1ccc(CSc2nc(Cl)cc(N3CCN(C/C=C/c4ccccc4)CC3)n2)cc1. The van der Waals surface area contributed by atoms with Crippen LogP contribution in [0.15, 0.2) is 96.4 Å². The normalized spacial score (nSPS) is 14.0. The number of thioether (sulfide) groups is 1. The van der Waals surface area contributed by atoms with E-state index in [0.29, 0.717) is 28.2 Å². The molecule has 5 rings (SSSR count). The van der Waals surface area contributed by atoms with Crippen molar-refractivity contribution in [3.63, 3.8) is 0 Å². The van der Waals surface area contributed by atoms with Gasteiger partial charge in [-0.25, -0.2) is 9.97 Å². The largest absolute Gasteiger partial charge is 0.354 e. The number of nitrogens with one attached hydrogen (secondary N) is 1. The van der Waals surface area contributed by atoms with Gasteiger partial charge < -0.3 is 10.2 Å².